The van der Waals surface area contributed by atoms with Gasteiger partial charge >= 0.3 is 0 Å². The highest BCUT2D eigenvalue weighted by Crippen LogP contribution is 2.25. The second-order valence-electron chi connectivity index (χ2n) is 2.80. The van der Waals surface area contributed by atoms with Crippen LogP contribution in [0.3, 0.4) is 0 Å². The fraction of sp³-hybridized carbons (Fsp3) is 0.250. The predicted octanol–water partition coefficient (Wildman–Crippen LogP) is 3.73. The van der Waals surface area contributed by atoms with Gasteiger partial charge < -0.3 is 0 Å². The lowest BCUT2D eigenvalue weighted by molar-refractivity contribution is 0.609. The maximum Gasteiger partial charge on any atom is 0.261 e. The quantitative estimate of drug-likeness (QED) is 0.741. The molecule has 15 heavy (non-hydrogen) atoms. The van der Waals surface area contributed by atoms with E-state index in [0.29, 0.717) is 16.1 Å². The van der Waals surface area contributed by atoms with Crippen molar-refractivity contribution in [2.75, 3.05) is 0 Å². The molecular weight excluding hydrogens is 302 g/mol. The largest absolute Gasteiger partial charge is 0.261 e. The van der Waals surface area contributed by atoms with Crippen LogP contribution in [0.4, 0.5) is 0 Å². The maximum absolute atomic E-state index is 11.0. The van der Waals surface area contributed by atoms with Crippen LogP contribution in [-0.4, -0.2) is 8.42 Å². The van der Waals surface area contributed by atoms with Crippen LogP contribution in [0.25, 0.3) is 0 Å². The summed E-state index contributed by atoms with van der Waals surface area (Å²) in [5.41, 5.74) is 1.26. The summed E-state index contributed by atoms with van der Waals surface area (Å²) in [6.07, 6.45) is 0. The molecule has 0 fully saturated rings. The molecule has 0 bridgehead atoms. The molecule has 0 aliphatic heterocycles. The fourth-order valence-electron chi connectivity index (χ4n) is 1.02. The Morgan fingerprint density at radius 1 is 1.07 bits per heavy atom. The van der Waals surface area contributed by atoms with Gasteiger partial charge in [0.25, 0.3) is 9.05 Å². The van der Waals surface area contributed by atoms with Gasteiger partial charge in [-0.25, -0.2) is 8.42 Å². The molecule has 0 saturated heterocycles. The van der Waals surface area contributed by atoms with Crippen LogP contribution in [0.15, 0.2) is 17.0 Å². The van der Waals surface area contributed by atoms with Crippen molar-refractivity contribution in [2.45, 2.75) is 18.7 Å². The molecule has 0 amide bonds. The Morgan fingerprint density at radius 2 is 1.53 bits per heavy atom. The third kappa shape index (κ3) is 4.37. The lowest BCUT2D eigenvalue weighted by Crippen LogP contribution is -1.95. The van der Waals surface area contributed by atoms with Gasteiger partial charge in [-0.15, -0.1) is 24.8 Å². The first-order chi connectivity index (χ1) is 5.82. The van der Waals surface area contributed by atoms with Crippen LogP contribution < -0.4 is 0 Å². The van der Waals surface area contributed by atoms with Crippen molar-refractivity contribution in [2.24, 2.45) is 0 Å². The van der Waals surface area contributed by atoms with Crippen LogP contribution in [0, 0.1) is 13.8 Å². The number of aryl methyl sites for hydroxylation is 2. The predicted molar refractivity (Wildman–Crippen MR) is 68.5 cm³/mol. The van der Waals surface area contributed by atoms with E-state index < -0.39 is 9.05 Å². The zero-order chi connectivity index (χ0) is 10.2. The second-order valence-corrected chi connectivity index (χ2v) is 5.75. The van der Waals surface area contributed by atoms with Crippen molar-refractivity contribution >= 4 is 56.1 Å². The Balaban J connectivity index is 0. The van der Waals surface area contributed by atoms with Crippen LogP contribution in [0.5, 0.6) is 0 Å². The second kappa shape index (κ2) is 6.16. The summed E-state index contributed by atoms with van der Waals surface area (Å²) in [5.74, 6) is 0. The third-order valence-electron chi connectivity index (χ3n) is 1.72. The standard InChI is InChI=1S/C8H8Cl2O2S.2ClH/c1-5-4-8(13(10,11)12)6(2)3-7(5)9;;/h3-4H,1-2H3;2*1H. The summed E-state index contributed by atoms with van der Waals surface area (Å²) in [6.45, 7) is 3.38. The normalized spacial score (nSPS) is 10.1. The first kappa shape index (κ1) is 17.7. The molecule has 0 spiro atoms. The molecule has 2 nitrogen and oxygen atoms in total. The van der Waals surface area contributed by atoms with Gasteiger partial charge in [-0.3, -0.25) is 0 Å². The van der Waals surface area contributed by atoms with E-state index in [1.54, 1.807) is 19.9 Å². The van der Waals surface area contributed by atoms with E-state index in [4.69, 9.17) is 22.3 Å². The van der Waals surface area contributed by atoms with Crippen LogP contribution in [0.2, 0.25) is 5.02 Å². The lowest BCUT2D eigenvalue weighted by atomic mass is 10.2. The summed E-state index contributed by atoms with van der Waals surface area (Å²) in [7, 11) is 1.56. The fourth-order valence-corrected chi connectivity index (χ4v) is 2.50. The van der Waals surface area contributed by atoms with Crippen LogP contribution in [-0.2, 0) is 9.05 Å². The Labute approximate surface area is 111 Å². The minimum atomic E-state index is -3.66. The summed E-state index contributed by atoms with van der Waals surface area (Å²) in [4.78, 5) is 0.121. The lowest BCUT2D eigenvalue weighted by Gasteiger charge is -2.04. The molecule has 7 heteroatoms. The van der Waals surface area contributed by atoms with Crippen molar-refractivity contribution in [3.8, 4) is 0 Å². The van der Waals surface area contributed by atoms with E-state index in [9.17, 15) is 8.42 Å². The highest BCUT2D eigenvalue weighted by Gasteiger charge is 2.14. The molecule has 1 aromatic rings. The van der Waals surface area contributed by atoms with E-state index in [1.807, 2.05) is 0 Å². The Bertz CT molecular complexity index is 442. The summed E-state index contributed by atoms with van der Waals surface area (Å²) in [6, 6.07) is 3.06. The molecule has 1 rings (SSSR count). The smallest absolute Gasteiger partial charge is 0.207 e. The molecule has 1 aromatic carbocycles. The number of hydrogen-bond donors (Lipinski definition) is 0. The first-order valence-electron chi connectivity index (χ1n) is 3.54. The van der Waals surface area contributed by atoms with Gasteiger partial charge in [0.05, 0.1) is 4.90 Å². The molecule has 0 aromatic heterocycles. The van der Waals surface area contributed by atoms with Gasteiger partial charge in [0.2, 0.25) is 0 Å². The number of hydrogen-bond acceptors (Lipinski definition) is 2. The molecule has 0 saturated carbocycles. The summed E-state index contributed by atoms with van der Waals surface area (Å²) >= 11 is 5.80. The van der Waals surface area contributed by atoms with E-state index in [2.05, 4.69) is 0 Å². The van der Waals surface area contributed by atoms with Crippen molar-refractivity contribution < 1.29 is 8.42 Å². The average Bonchev–Trinajstić information content (AvgIpc) is 1.94. The van der Waals surface area contributed by atoms with E-state index in [1.165, 1.54) is 6.07 Å². The van der Waals surface area contributed by atoms with Gasteiger partial charge in [0, 0.05) is 15.7 Å². The average molecular weight is 312 g/mol. The van der Waals surface area contributed by atoms with Crippen molar-refractivity contribution in [3.05, 3.63) is 28.3 Å². The van der Waals surface area contributed by atoms with Crippen molar-refractivity contribution in [1.29, 1.82) is 0 Å². The number of rotatable bonds is 1. The molecular formula is C8H10Cl4O2S. The summed E-state index contributed by atoms with van der Waals surface area (Å²) < 4.78 is 22.1. The van der Waals surface area contributed by atoms with Gasteiger partial charge in [-0.1, -0.05) is 11.6 Å². The molecule has 88 valence electrons. The molecule has 0 aliphatic rings. The van der Waals surface area contributed by atoms with Crippen molar-refractivity contribution in [3.63, 3.8) is 0 Å². The molecule has 0 unspecified atom stereocenters. The summed E-state index contributed by atoms with van der Waals surface area (Å²) in [5, 5.41) is 0.543. The maximum atomic E-state index is 11.0. The number of halogens is 4. The topological polar surface area (TPSA) is 34.1 Å². The SMILES string of the molecule is Cc1cc(S(=O)(=O)Cl)c(C)cc1Cl.Cl.Cl. The van der Waals surface area contributed by atoms with Gasteiger partial charge in [-0.05, 0) is 37.1 Å². The molecule has 0 N–H and O–H groups in total. The minimum Gasteiger partial charge on any atom is -0.207 e. The number of benzene rings is 1. The van der Waals surface area contributed by atoms with Gasteiger partial charge in [-0.2, -0.15) is 0 Å². The highest BCUT2D eigenvalue weighted by atomic mass is 35.7. The van der Waals surface area contributed by atoms with Gasteiger partial charge in [0.15, 0.2) is 0 Å². The van der Waals surface area contributed by atoms with E-state index in [0.717, 1.165) is 0 Å². The van der Waals surface area contributed by atoms with Crippen LogP contribution in [0.1, 0.15) is 11.1 Å². The van der Waals surface area contributed by atoms with E-state index >= 15 is 0 Å². The minimum absolute atomic E-state index is 0. The monoisotopic (exact) mass is 310 g/mol. The molecule has 0 heterocycles. The molecule has 0 atom stereocenters. The molecule has 0 radical (unpaired) electrons. The van der Waals surface area contributed by atoms with Crippen LogP contribution >= 0.6 is 47.1 Å². The first-order valence-corrected chi connectivity index (χ1v) is 6.22. The van der Waals surface area contributed by atoms with E-state index in [-0.39, 0.29) is 29.7 Å². The zero-order valence-electron chi connectivity index (χ0n) is 7.95. The third-order valence-corrected chi connectivity index (χ3v) is 3.59. The zero-order valence-corrected chi connectivity index (χ0v) is 11.9. The van der Waals surface area contributed by atoms with Gasteiger partial charge in [0.1, 0.15) is 0 Å². The highest BCUT2D eigenvalue weighted by molar-refractivity contribution is 8.13. The van der Waals surface area contributed by atoms with Crippen molar-refractivity contribution in [1.82, 2.24) is 0 Å². The Morgan fingerprint density at radius 3 is 1.93 bits per heavy atom. The Hall–Kier alpha value is 0.330. The molecule has 0 aliphatic carbocycles. The Kier molecular flexibility index (Phi) is 7.28.